The molecule has 8 heteroatoms. The summed E-state index contributed by atoms with van der Waals surface area (Å²) < 4.78 is 44.8. The summed E-state index contributed by atoms with van der Waals surface area (Å²) in [7, 11) is 1.27. The Balaban J connectivity index is 2.10. The fourth-order valence-corrected chi connectivity index (χ4v) is 2.71. The zero-order valence-electron chi connectivity index (χ0n) is 13.0. The molecule has 1 unspecified atom stereocenters. The SMILES string of the molecule is COc1ccc(C(NC(=O)C2CCC(F)(F)CC2)C(=O)O)cc1F. The zero-order valence-corrected chi connectivity index (χ0v) is 13.0. The van der Waals surface area contributed by atoms with Crippen molar-refractivity contribution in [3.8, 4) is 5.75 Å². The summed E-state index contributed by atoms with van der Waals surface area (Å²) in [5, 5.41) is 11.6. The lowest BCUT2D eigenvalue weighted by Gasteiger charge is -2.28. The third-order valence-electron chi connectivity index (χ3n) is 4.13. The minimum absolute atomic E-state index is 0.0118. The number of ether oxygens (including phenoxy) is 1. The van der Waals surface area contributed by atoms with Gasteiger partial charge in [-0.25, -0.2) is 18.0 Å². The molecule has 0 aromatic heterocycles. The fraction of sp³-hybridized carbons (Fsp3) is 0.500. The number of nitrogens with one attached hydrogen (secondary N) is 1. The van der Waals surface area contributed by atoms with Crippen molar-refractivity contribution in [3.63, 3.8) is 0 Å². The minimum Gasteiger partial charge on any atom is -0.494 e. The number of hydrogen-bond donors (Lipinski definition) is 2. The number of carboxylic acid groups (broad SMARTS) is 1. The van der Waals surface area contributed by atoms with Crippen LogP contribution in [0, 0.1) is 11.7 Å². The van der Waals surface area contributed by atoms with Crippen molar-refractivity contribution in [2.45, 2.75) is 37.6 Å². The van der Waals surface area contributed by atoms with Crippen LogP contribution in [0.2, 0.25) is 0 Å². The second-order valence-electron chi connectivity index (χ2n) is 5.80. The molecule has 1 fully saturated rings. The Hall–Kier alpha value is -2.25. The van der Waals surface area contributed by atoms with Crippen LogP contribution in [0.5, 0.6) is 5.75 Å². The van der Waals surface area contributed by atoms with Crippen LogP contribution in [-0.4, -0.2) is 30.0 Å². The third-order valence-corrected chi connectivity index (χ3v) is 4.13. The lowest BCUT2D eigenvalue weighted by Crippen LogP contribution is -2.40. The molecule has 0 bridgehead atoms. The summed E-state index contributed by atoms with van der Waals surface area (Å²) in [5.74, 6) is -6.24. The van der Waals surface area contributed by atoms with Gasteiger partial charge in [-0.3, -0.25) is 4.79 Å². The lowest BCUT2D eigenvalue weighted by atomic mass is 9.86. The van der Waals surface area contributed by atoms with Crippen LogP contribution in [0.3, 0.4) is 0 Å². The Bertz CT molecular complexity index is 626. The summed E-state index contributed by atoms with van der Waals surface area (Å²) in [6.07, 6.45) is -0.829. The number of halogens is 3. The average Bonchev–Trinajstić information content (AvgIpc) is 2.52. The van der Waals surface area contributed by atoms with Gasteiger partial charge < -0.3 is 15.2 Å². The number of aliphatic carboxylic acids is 1. The van der Waals surface area contributed by atoms with Crippen LogP contribution >= 0.6 is 0 Å². The van der Waals surface area contributed by atoms with Gasteiger partial charge in [0.15, 0.2) is 17.6 Å². The van der Waals surface area contributed by atoms with Crippen molar-refractivity contribution in [2.75, 3.05) is 7.11 Å². The number of benzene rings is 1. The lowest BCUT2D eigenvalue weighted by molar-refractivity contribution is -0.143. The Morgan fingerprint density at radius 2 is 1.96 bits per heavy atom. The van der Waals surface area contributed by atoms with Crippen molar-refractivity contribution >= 4 is 11.9 Å². The summed E-state index contributed by atoms with van der Waals surface area (Å²) in [4.78, 5) is 23.6. The van der Waals surface area contributed by atoms with E-state index in [1.165, 1.54) is 19.2 Å². The van der Waals surface area contributed by atoms with Gasteiger partial charge in [0.1, 0.15) is 0 Å². The molecule has 132 valence electrons. The molecular formula is C16H18F3NO4. The summed E-state index contributed by atoms with van der Waals surface area (Å²) in [5.41, 5.74) is 0.0373. The number of alkyl halides is 2. The number of amides is 1. The molecule has 1 aliphatic rings. The topological polar surface area (TPSA) is 75.6 Å². The van der Waals surface area contributed by atoms with E-state index < -0.39 is 48.4 Å². The van der Waals surface area contributed by atoms with E-state index in [1.54, 1.807) is 0 Å². The van der Waals surface area contributed by atoms with Crippen LogP contribution in [0.25, 0.3) is 0 Å². The maximum atomic E-state index is 13.7. The van der Waals surface area contributed by atoms with Gasteiger partial charge in [0.25, 0.3) is 0 Å². The van der Waals surface area contributed by atoms with Gasteiger partial charge in [0, 0.05) is 18.8 Å². The molecule has 1 aromatic rings. The highest BCUT2D eigenvalue weighted by molar-refractivity contribution is 5.86. The number of methoxy groups -OCH3 is 1. The maximum absolute atomic E-state index is 13.7. The van der Waals surface area contributed by atoms with Gasteiger partial charge in [-0.05, 0) is 30.5 Å². The molecule has 5 nitrogen and oxygen atoms in total. The third kappa shape index (κ3) is 4.18. The van der Waals surface area contributed by atoms with Crippen LogP contribution in [-0.2, 0) is 9.59 Å². The summed E-state index contributed by atoms with van der Waals surface area (Å²) >= 11 is 0. The number of carbonyl (C=O) groups is 2. The molecule has 0 spiro atoms. The van der Waals surface area contributed by atoms with Gasteiger partial charge in [0.2, 0.25) is 11.8 Å². The largest absolute Gasteiger partial charge is 0.494 e. The first kappa shape index (κ1) is 18.1. The van der Waals surface area contributed by atoms with Crippen molar-refractivity contribution in [1.29, 1.82) is 0 Å². The molecule has 1 atom stereocenters. The van der Waals surface area contributed by atoms with Gasteiger partial charge in [-0.1, -0.05) is 6.07 Å². The van der Waals surface area contributed by atoms with E-state index in [1.807, 2.05) is 0 Å². The molecule has 0 saturated heterocycles. The highest BCUT2D eigenvalue weighted by Crippen LogP contribution is 2.36. The van der Waals surface area contributed by atoms with Crippen LogP contribution in [0.1, 0.15) is 37.3 Å². The van der Waals surface area contributed by atoms with E-state index in [0.717, 1.165) is 6.07 Å². The Morgan fingerprint density at radius 3 is 2.46 bits per heavy atom. The van der Waals surface area contributed by atoms with Crippen LogP contribution in [0.15, 0.2) is 18.2 Å². The second kappa shape index (κ2) is 7.11. The molecule has 1 aliphatic carbocycles. The average molecular weight is 345 g/mol. The highest BCUT2D eigenvalue weighted by Gasteiger charge is 2.38. The molecular weight excluding hydrogens is 327 g/mol. The first-order valence-electron chi connectivity index (χ1n) is 7.48. The van der Waals surface area contributed by atoms with Crippen molar-refractivity contribution in [3.05, 3.63) is 29.6 Å². The minimum atomic E-state index is -2.78. The van der Waals surface area contributed by atoms with E-state index in [0.29, 0.717) is 0 Å². The van der Waals surface area contributed by atoms with E-state index in [9.17, 15) is 27.9 Å². The quantitative estimate of drug-likeness (QED) is 0.860. The number of rotatable bonds is 5. The summed E-state index contributed by atoms with van der Waals surface area (Å²) in [6, 6.07) is 2.09. The maximum Gasteiger partial charge on any atom is 0.330 e. The zero-order chi connectivity index (χ0) is 17.9. The number of carboxylic acids is 1. The van der Waals surface area contributed by atoms with Crippen LogP contribution < -0.4 is 10.1 Å². The second-order valence-corrected chi connectivity index (χ2v) is 5.80. The molecule has 1 aromatic carbocycles. The predicted octanol–water partition coefficient (Wildman–Crippen LogP) is 2.90. The monoisotopic (exact) mass is 345 g/mol. The van der Waals surface area contributed by atoms with Crippen LogP contribution in [0.4, 0.5) is 13.2 Å². The fourth-order valence-electron chi connectivity index (χ4n) is 2.71. The van der Waals surface area contributed by atoms with Crippen molar-refractivity contribution < 1.29 is 32.6 Å². The Morgan fingerprint density at radius 1 is 1.33 bits per heavy atom. The van der Waals surface area contributed by atoms with E-state index in [2.05, 4.69) is 5.32 Å². The molecule has 0 aliphatic heterocycles. The normalized spacial score (nSPS) is 18.7. The standard InChI is InChI=1S/C16H18F3NO4/c1-24-12-3-2-10(8-11(12)17)13(15(22)23)20-14(21)9-4-6-16(18,19)7-5-9/h2-3,8-9,13H,4-7H2,1H3,(H,20,21)(H,22,23). The van der Waals surface area contributed by atoms with Gasteiger partial charge in [-0.2, -0.15) is 0 Å². The van der Waals surface area contributed by atoms with Gasteiger partial charge in [0.05, 0.1) is 7.11 Å². The number of carbonyl (C=O) groups excluding carboxylic acids is 1. The smallest absolute Gasteiger partial charge is 0.330 e. The summed E-state index contributed by atoms with van der Waals surface area (Å²) in [6.45, 7) is 0. The molecule has 24 heavy (non-hydrogen) atoms. The molecule has 1 amide bonds. The molecule has 1 saturated carbocycles. The Labute approximate surface area is 136 Å². The van der Waals surface area contributed by atoms with E-state index >= 15 is 0 Å². The van der Waals surface area contributed by atoms with Crippen molar-refractivity contribution in [1.82, 2.24) is 5.32 Å². The highest BCUT2D eigenvalue weighted by atomic mass is 19.3. The van der Waals surface area contributed by atoms with Gasteiger partial charge in [-0.15, -0.1) is 0 Å². The molecule has 0 radical (unpaired) electrons. The molecule has 2 rings (SSSR count). The first-order chi connectivity index (χ1) is 11.2. The van der Waals surface area contributed by atoms with Crippen molar-refractivity contribution in [2.24, 2.45) is 5.92 Å². The molecule has 0 heterocycles. The first-order valence-corrected chi connectivity index (χ1v) is 7.48. The molecule has 2 N–H and O–H groups in total. The van der Waals surface area contributed by atoms with E-state index in [-0.39, 0.29) is 24.2 Å². The predicted molar refractivity (Wildman–Crippen MR) is 78.4 cm³/mol. The van der Waals surface area contributed by atoms with Gasteiger partial charge >= 0.3 is 5.97 Å². The Kier molecular flexibility index (Phi) is 5.36. The number of hydrogen-bond acceptors (Lipinski definition) is 3. The van der Waals surface area contributed by atoms with E-state index in [4.69, 9.17) is 4.74 Å².